The van der Waals surface area contributed by atoms with Crippen molar-refractivity contribution in [3.8, 4) is 5.75 Å². The number of phenolic OH excluding ortho intramolecular Hbond substituents is 1. The molecule has 0 fully saturated rings. The summed E-state index contributed by atoms with van der Waals surface area (Å²) < 4.78 is 0. The van der Waals surface area contributed by atoms with Crippen molar-refractivity contribution in [2.45, 2.75) is 57.3 Å². The minimum Gasteiger partial charge on any atom is -0.508 e. The van der Waals surface area contributed by atoms with Crippen molar-refractivity contribution < 1.29 is 39.3 Å². The summed E-state index contributed by atoms with van der Waals surface area (Å²) >= 11 is 0. The Labute approximate surface area is 202 Å². The van der Waals surface area contributed by atoms with Crippen LogP contribution in [0.2, 0.25) is 0 Å². The van der Waals surface area contributed by atoms with Gasteiger partial charge in [0.25, 0.3) is 0 Å². The number of nitrogens with two attached hydrogens (primary N) is 2. The molecule has 10 N–H and O–H groups in total. The van der Waals surface area contributed by atoms with Gasteiger partial charge in [0.1, 0.15) is 23.9 Å². The molecular weight excluding hydrogens is 462 g/mol. The zero-order chi connectivity index (χ0) is 26.7. The number of amides is 4. The van der Waals surface area contributed by atoms with E-state index in [0.717, 1.165) is 0 Å². The van der Waals surface area contributed by atoms with Gasteiger partial charge in [-0.25, -0.2) is 4.79 Å². The molecule has 0 saturated carbocycles. The van der Waals surface area contributed by atoms with E-state index in [4.69, 9.17) is 11.5 Å². The second-order valence-electron chi connectivity index (χ2n) is 8.48. The van der Waals surface area contributed by atoms with Gasteiger partial charge in [0.15, 0.2) is 0 Å². The van der Waals surface area contributed by atoms with Crippen LogP contribution in [0.4, 0.5) is 0 Å². The zero-order valence-corrected chi connectivity index (χ0v) is 19.6. The number of rotatable bonds is 14. The van der Waals surface area contributed by atoms with Crippen LogP contribution in [0.1, 0.15) is 32.3 Å². The monoisotopic (exact) mass is 495 g/mol. The molecular formula is C22H33N5O8. The van der Waals surface area contributed by atoms with Crippen LogP contribution in [-0.4, -0.2) is 75.7 Å². The number of benzene rings is 1. The van der Waals surface area contributed by atoms with Crippen LogP contribution in [0.15, 0.2) is 24.3 Å². The van der Waals surface area contributed by atoms with E-state index in [1.807, 2.05) is 13.8 Å². The Morgan fingerprint density at radius 2 is 1.40 bits per heavy atom. The average molecular weight is 496 g/mol. The van der Waals surface area contributed by atoms with Gasteiger partial charge in [-0.3, -0.25) is 19.2 Å². The van der Waals surface area contributed by atoms with Gasteiger partial charge in [0.2, 0.25) is 23.6 Å². The predicted octanol–water partition coefficient (Wildman–Crippen LogP) is -2.29. The Balaban J connectivity index is 3.06. The lowest BCUT2D eigenvalue weighted by Gasteiger charge is -2.24. The third-order valence-electron chi connectivity index (χ3n) is 4.91. The first-order valence-corrected chi connectivity index (χ1v) is 10.9. The van der Waals surface area contributed by atoms with Crippen molar-refractivity contribution in [2.24, 2.45) is 17.4 Å². The number of aliphatic hydroxyl groups excluding tert-OH is 1. The predicted molar refractivity (Wildman–Crippen MR) is 124 cm³/mol. The highest BCUT2D eigenvalue weighted by molar-refractivity contribution is 5.95. The molecule has 0 saturated heterocycles. The first-order chi connectivity index (χ1) is 16.3. The third-order valence-corrected chi connectivity index (χ3v) is 4.91. The Morgan fingerprint density at radius 1 is 0.886 bits per heavy atom. The van der Waals surface area contributed by atoms with Crippen LogP contribution < -0.4 is 27.4 Å². The van der Waals surface area contributed by atoms with E-state index in [1.165, 1.54) is 24.3 Å². The fraction of sp³-hybridized carbons (Fsp3) is 0.500. The number of carboxylic acid groups (broad SMARTS) is 1. The first kappa shape index (κ1) is 29.3. The molecule has 0 aliphatic carbocycles. The Morgan fingerprint density at radius 3 is 1.89 bits per heavy atom. The summed E-state index contributed by atoms with van der Waals surface area (Å²) in [6, 6.07) is 0.318. The highest BCUT2D eigenvalue weighted by Crippen LogP contribution is 2.12. The van der Waals surface area contributed by atoms with Crippen LogP contribution in [0.25, 0.3) is 0 Å². The number of aromatic hydroxyl groups is 1. The maximum atomic E-state index is 12.8. The summed E-state index contributed by atoms with van der Waals surface area (Å²) in [5.74, 6) is -4.92. The number of hydrogen-bond acceptors (Lipinski definition) is 8. The Hall–Kier alpha value is -3.71. The third kappa shape index (κ3) is 10.4. The largest absolute Gasteiger partial charge is 0.508 e. The van der Waals surface area contributed by atoms with Gasteiger partial charge < -0.3 is 42.7 Å². The molecule has 1 rings (SSSR count). The quantitative estimate of drug-likeness (QED) is 0.138. The number of primary amides is 1. The summed E-state index contributed by atoms with van der Waals surface area (Å²) in [6.07, 6.45) is -0.475. The second kappa shape index (κ2) is 13.9. The normalized spacial score (nSPS) is 14.3. The van der Waals surface area contributed by atoms with E-state index in [-0.39, 0.29) is 18.1 Å². The lowest BCUT2D eigenvalue weighted by Crippen LogP contribution is -2.58. The summed E-state index contributed by atoms with van der Waals surface area (Å²) in [5, 5.41) is 35.2. The van der Waals surface area contributed by atoms with Gasteiger partial charge in [0.05, 0.1) is 19.1 Å². The van der Waals surface area contributed by atoms with Crippen molar-refractivity contribution in [3.63, 3.8) is 0 Å². The molecule has 35 heavy (non-hydrogen) atoms. The highest BCUT2D eigenvalue weighted by Gasteiger charge is 2.31. The molecule has 1 aromatic rings. The van der Waals surface area contributed by atoms with Crippen LogP contribution in [0, 0.1) is 5.92 Å². The first-order valence-electron chi connectivity index (χ1n) is 10.9. The Kier molecular flexibility index (Phi) is 11.6. The number of aliphatic hydroxyl groups is 1. The average Bonchev–Trinajstić information content (AvgIpc) is 2.76. The molecule has 0 aliphatic rings. The maximum absolute atomic E-state index is 12.8. The lowest BCUT2D eigenvalue weighted by molar-refractivity contribution is -0.143. The van der Waals surface area contributed by atoms with Crippen LogP contribution in [-0.2, 0) is 30.4 Å². The molecule has 0 heterocycles. The topological polar surface area (TPSA) is 234 Å². The number of carbonyl (C=O) groups excluding carboxylic acids is 4. The van der Waals surface area contributed by atoms with Crippen LogP contribution >= 0.6 is 0 Å². The van der Waals surface area contributed by atoms with E-state index in [2.05, 4.69) is 16.0 Å². The van der Waals surface area contributed by atoms with Crippen molar-refractivity contribution in [1.29, 1.82) is 0 Å². The fourth-order valence-electron chi connectivity index (χ4n) is 3.11. The van der Waals surface area contributed by atoms with Crippen molar-refractivity contribution in [3.05, 3.63) is 29.8 Å². The van der Waals surface area contributed by atoms with E-state index in [1.54, 1.807) is 0 Å². The number of aliphatic carboxylic acids is 1. The molecule has 0 aromatic heterocycles. The minimum atomic E-state index is -1.64. The van der Waals surface area contributed by atoms with Crippen LogP contribution in [0.5, 0.6) is 5.75 Å². The van der Waals surface area contributed by atoms with Crippen molar-refractivity contribution in [1.82, 2.24) is 16.0 Å². The van der Waals surface area contributed by atoms with Gasteiger partial charge in [-0.15, -0.1) is 0 Å². The lowest BCUT2D eigenvalue weighted by atomic mass is 10.0. The van der Waals surface area contributed by atoms with E-state index in [9.17, 15) is 39.3 Å². The molecule has 0 aliphatic heterocycles. The van der Waals surface area contributed by atoms with Crippen LogP contribution in [0.3, 0.4) is 0 Å². The zero-order valence-electron chi connectivity index (χ0n) is 19.6. The number of nitrogens with one attached hydrogen (secondary N) is 3. The van der Waals surface area contributed by atoms with Crippen molar-refractivity contribution >= 4 is 29.6 Å². The minimum absolute atomic E-state index is 0.0352. The molecule has 13 nitrogen and oxygen atoms in total. The molecule has 4 atom stereocenters. The molecule has 0 radical (unpaired) electrons. The van der Waals surface area contributed by atoms with E-state index < -0.39 is 66.8 Å². The summed E-state index contributed by atoms with van der Waals surface area (Å²) in [4.78, 5) is 60.5. The van der Waals surface area contributed by atoms with Gasteiger partial charge in [-0.2, -0.15) is 0 Å². The van der Waals surface area contributed by atoms with E-state index in [0.29, 0.717) is 12.0 Å². The fourth-order valence-corrected chi connectivity index (χ4v) is 3.11. The highest BCUT2D eigenvalue weighted by atomic mass is 16.4. The standard InChI is InChI=1S/C22H33N5O8/c1-11(2)7-14(23)19(31)27-17(10-28)21(33)25-15(8-12-3-5-13(29)6-4-12)20(32)26-16(22(34)35)9-18(24)30/h3-6,11,14-17,28-29H,7-10,23H2,1-2H3,(H2,24,30)(H,25,33)(H,26,32)(H,27,31)(H,34,35). The van der Waals surface area contributed by atoms with Gasteiger partial charge in [-0.05, 0) is 30.0 Å². The number of carbonyl (C=O) groups is 5. The SMILES string of the molecule is CC(C)CC(N)C(=O)NC(CO)C(=O)NC(Cc1ccc(O)cc1)C(=O)NC(CC(N)=O)C(=O)O. The van der Waals surface area contributed by atoms with Gasteiger partial charge >= 0.3 is 5.97 Å². The maximum Gasteiger partial charge on any atom is 0.326 e. The molecule has 13 heteroatoms. The molecule has 4 unspecified atom stereocenters. The molecule has 194 valence electrons. The van der Waals surface area contributed by atoms with Gasteiger partial charge in [-0.1, -0.05) is 26.0 Å². The molecule has 4 amide bonds. The van der Waals surface area contributed by atoms with Crippen molar-refractivity contribution in [2.75, 3.05) is 6.61 Å². The van der Waals surface area contributed by atoms with E-state index >= 15 is 0 Å². The van der Waals surface area contributed by atoms with Gasteiger partial charge in [0, 0.05) is 6.42 Å². The number of phenols is 1. The summed E-state index contributed by atoms with van der Waals surface area (Å²) in [6.45, 7) is 2.93. The molecule has 0 bridgehead atoms. The molecule has 1 aromatic carbocycles. The second-order valence-corrected chi connectivity index (χ2v) is 8.48. The summed E-state index contributed by atoms with van der Waals surface area (Å²) in [5.41, 5.74) is 11.3. The molecule has 0 spiro atoms. The number of hydrogen-bond donors (Lipinski definition) is 8. The Bertz CT molecular complexity index is 906. The number of carboxylic acids is 1. The smallest absolute Gasteiger partial charge is 0.326 e. The summed E-state index contributed by atoms with van der Waals surface area (Å²) in [7, 11) is 0.